The van der Waals surface area contributed by atoms with E-state index in [4.69, 9.17) is 0 Å². The average Bonchev–Trinajstić information content (AvgIpc) is 2.67. The molecule has 4 unspecified atom stereocenters. The van der Waals surface area contributed by atoms with Crippen molar-refractivity contribution in [3.05, 3.63) is 29.8 Å². The Hall–Kier alpha value is -2.45. The van der Waals surface area contributed by atoms with Gasteiger partial charge in [0.05, 0.1) is 18.0 Å². The zero-order chi connectivity index (χ0) is 19.7. The van der Waals surface area contributed by atoms with Gasteiger partial charge in [0.2, 0.25) is 17.7 Å². The molecule has 3 aliphatic rings. The molecule has 0 bridgehead atoms. The molecule has 0 aromatic heterocycles. The summed E-state index contributed by atoms with van der Waals surface area (Å²) in [6.07, 6.45) is 2.53. The van der Waals surface area contributed by atoms with Crippen molar-refractivity contribution in [1.82, 2.24) is 20.9 Å². The summed E-state index contributed by atoms with van der Waals surface area (Å²) in [5.41, 5.74) is 1.70. The third-order valence-corrected chi connectivity index (χ3v) is 5.81. The molecule has 4 rings (SSSR count). The number of carbonyl (C=O) groups is 3. The maximum absolute atomic E-state index is 12.9. The van der Waals surface area contributed by atoms with E-state index in [0.717, 1.165) is 31.5 Å². The molecule has 0 aliphatic carbocycles. The highest BCUT2D eigenvalue weighted by Gasteiger charge is 2.49. The average molecular weight is 385 g/mol. The number of nitrogens with zero attached hydrogens (tertiary/aromatic N) is 1. The first-order chi connectivity index (χ1) is 13.5. The fourth-order valence-corrected chi connectivity index (χ4v) is 4.39. The van der Waals surface area contributed by atoms with E-state index in [0.29, 0.717) is 5.69 Å². The van der Waals surface area contributed by atoms with Gasteiger partial charge in [-0.3, -0.25) is 24.6 Å². The molecule has 3 amide bonds. The second-order valence-corrected chi connectivity index (χ2v) is 7.91. The van der Waals surface area contributed by atoms with Gasteiger partial charge in [-0.2, -0.15) is 0 Å². The first-order valence-electron chi connectivity index (χ1n) is 9.98. The smallest absolute Gasteiger partial charge is 0.229 e. The van der Waals surface area contributed by atoms with Crippen LogP contribution in [0.2, 0.25) is 0 Å². The first-order valence-corrected chi connectivity index (χ1v) is 9.98. The lowest BCUT2D eigenvalue weighted by atomic mass is 9.81. The summed E-state index contributed by atoms with van der Waals surface area (Å²) in [5, 5.41) is 12.1. The molecular weight excluding hydrogens is 358 g/mol. The zero-order valence-electron chi connectivity index (χ0n) is 16.0. The Morgan fingerprint density at radius 1 is 1.14 bits per heavy atom. The minimum atomic E-state index is -0.714. The Kier molecular flexibility index (Phi) is 5.32. The fraction of sp³-hybridized carbons (Fsp3) is 0.550. The Labute approximate surface area is 164 Å². The summed E-state index contributed by atoms with van der Waals surface area (Å²) in [5.74, 6) is -2.06. The van der Waals surface area contributed by atoms with Crippen LogP contribution in [0, 0.1) is 18.8 Å². The largest absolute Gasteiger partial charge is 0.340 e. The standard InChI is InChI=1S/C20H27N5O3/c1-12-6-5-7-13(10-12)21-18(27)14-11-15(26)22-17-16(14)19(28)24-20(23-17)25-8-3-2-4-9-25/h5-7,10,14,16-17,20,23H,2-4,8-9,11H2,1H3,(H,21,27)(H,22,26)(H,24,28). The highest BCUT2D eigenvalue weighted by Crippen LogP contribution is 2.28. The van der Waals surface area contributed by atoms with E-state index in [1.807, 2.05) is 25.1 Å². The number of anilines is 1. The van der Waals surface area contributed by atoms with Gasteiger partial charge in [-0.1, -0.05) is 18.6 Å². The number of carbonyl (C=O) groups excluding carboxylic acids is 3. The molecule has 3 saturated heterocycles. The highest BCUT2D eigenvalue weighted by molar-refractivity contribution is 6.00. The summed E-state index contributed by atoms with van der Waals surface area (Å²) in [4.78, 5) is 40.2. The molecule has 8 heteroatoms. The van der Waals surface area contributed by atoms with Gasteiger partial charge < -0.3 is 16.0 Å². The van der Waals surface area contributed by atoms with Gasteiger partial charge in [-0.15, -0.1) is 0 Å². The van der Waals surface area contributed by atoms with Gasteiger partial charge in [0.25, 0.3) is 0 Å². The lowest BCUT2D eigenvalue weighted by molar-refractivity contribution is -0.147. The van der Waals surface area contributed by atoms with E-state index >= 15 is 0 Å². The van der Waals surface area contributed by atoms with Crippen molar-refractivity contribution in [2.24, 2.45) is 11.8 Å². The summed E-state index contributed by atoms with van der Waals surface area (Å²) < 4.78 is 0. The number of hydrogen-bond acceptors (Lipinski definition) is 5. The van der Waals surface area contributed by atoms with E-state index in [-0.39, 0.29) is 30.4 Å². The number of aryl methyl sites for hydroxylation is 1. The predicted octanol–water partition coefficient (Wildman–Crippen LogP) is 0.501. The van der Waals surface area contributed by atoms with Gasteiger partial charge in [-0.05, 0) is 37.5 Å². The Morgan fingerprint density at radius 2 is 1.93 bits per heavy atom. The molecular formula is C20H27N5O3. The van der Waals surface area contributed by atoms with Crippen LogP contribution in [0.5, 0.6) is 0 Å². The van der Waals surface area contributed by atoms with Gasteiger partial charge in [-0.25, -0.2) is 0 Å². The Morgan fingerprint density at radius 3 is 2.68 bits per heavy atom. The summed E-state index contributed by atoms with van der Waals surface area (Å²) in [7, 11) is 0. The van der Waals surface area contributed by atoms with Crippen LogP contribution in [0.3, 0.4) is 0 Å². The SMILES string of the molecule is Cc1cccc(NC(=O)C2CC(=O)NC3NC(N4CCCCC4)NC(=O)C32)c1. The molecule has 28 heavy (non-hydrogen) atoms. The van der Waals surface area contributed by atoms with E-state index in [1.54, 1.807) is 6.07 Å². The maximum atomic E-state index is 12.9. The minimum absolute atomic E-state index is 0.00228. The number of likely N-dealkylation sites (tertiary alicyclic amines) is 1. The van der Waals surface area contributed by atoms with Crippen molar-refractivity contribution < 1.29 is 14.4 Å². The second kappa shape index (κ2) is 7.89. The Balaban J connectivity index is 1.49. The number of nitrogens with one attached hydrogen (secondary N) is 4. The number of hydrogen-bond donors (Lipinski definition) is 4. The predicted molar refractivity (Wildman–Crippen MR) is 104 cm³/mol. The van der Waals surface area contributed by atoms with Crippen LogP contribution in [-0.2, 0) is 14.4 Å². The first kappa shape index (κ1) is 18.9. The molecule has 0 spiro atoms. The van der Waals surface area contributed by atoms with Crippen LogP contribution >= 0.6 is 0 Å². The number of rotatable bonds is 3. The zero-order valence-corrected chi connectivity index (χ0v) is 16.0. The molecule has 3 aliphatic heterocycles. The molecule has 150 valence electrons. The third-order valence-electron chi connectivity index (χ3n) is 5.81. The van der Waals surface area contributed by atoms with E-state index in [2.05, 4.69) is 26.2 Å². The lowest BCUT2D eigenvalue weighted by Crippen LogP contribution is -2.74. The number of amides is 3. The van der Waals surface area contributed by atoms with Crippen LogP contribution in [0.4, 0.5) is 5.69 Å². The molecule has 3 fully saturated rings. The molecule has 0 saturated carbocycles. The van der Waals surface area contributed by atoms with Crippen molar-refractivity contribution in [3.63, 3.8) is 0 Å². The van der Waals surface area contributed by atoms with Gasteiger partial charge >= 0.3 is 0 Å². The fourth-order valence-electron chi connectivity index (χ4n) is 4.39. The quantitative estimate of drug-likeness (QED) is 0.607. The molecule has 4 N–H and O–H groups in total. The molecule has 8 nitrogen and oxygen atoms in total. The maximum Gasteiger partial charge on any atom is 0.229 e. The third kappa shape index (κ3) is 3.88. The van der Waals surface area contributed by atoms with Gasteiger partial charge in [0.1, 0.15) is 6.29 Å². The van der Waals surface area contributed by atoms with Gasteiger partial charge in [0.15, 0.2) is 0 Å². The van der Waals surface area contributed by atoms with Crippen molar-refractivity contribution in [1.29, 1.82) is 0 Å². The molecule has 0 radical (unpaired) electrons. The Bertz CT molecular complexity index is 777. The minimum Gasteiger partial charge on any atom is -0.340 e. The van der Waals surface area contributed by atoms with Crippen molar-refractivity contribution in [2.45, 2.75) is 45.1 Å². The molecule has 1 aromatic rings. The van der Waals surface area contributed by atoms with Crippen molar-refractivity contribution in [3.8, 4) is 0 Å². The molecule has 4 atom stereocenters. The van der Waals surface area contributed by atoms with Crippen molar-refractivity contribution in [2.75, 3.05) is 18.4 Å². The van der Waals surface area contributed by atoms with Crippen LogP contribution in [0.25, 0.3) is 0 Å². The lowest BCUT2D eigenvalue weighted by Gasteiger charge is -2.46. The van der Waals surface area contributed by atoms with Crippen LogP contribution in [0.15, 0.2) is 24.3 Å². The summed E-state index contributed by atoms with van der Waals surface area (Å²) in [6.45, 7) is 3.75. The van der Waals surface area contributed by atoms with E-state index in [9.17, 15) is 14.4 Å². The summed E-state index contributed by atoms with van der Waals surface area (Å²) in [6, 6.07) is 7.47. The second-order valence-electron chi connectivity index (χ2n) is 7.91. The van der Waals surface area contributed by atoms with Crippen LogP contribution in [-0.4, -0.2) is 48.2 Å². The van der Waals surface area contributed by atoms with Crippen LogP contribution in [0.1, 0.15) is 31.2 Å². The normalized spacial score (nSPS) is 30.8. The molecule has 1 aromatic carbocycles. The number of benzene rings is 1. The highest BCUT2D eigenvalue weighted by atomic mass is 16.2. The monoisotopic (exact) mass is 385 g/mol. The van der Waals surface area contributed by atoms with Gasteiger partial charge in [0, 0.05) is 25.2 Å². The number of piperidine rings is 2. The van der Waals surface area contributed by atoms with Crippen LogP contribution < -0.4 is 21.3 Å². The van der Waals surface area contributed by atoms with E-state index < -0.39 is 18.0 Å². The van der Waals surface area contributed by atoms with Crippen molar-refractivity contribution >= 4 is 23.4 Å². The molecule has 3 heterocycles. The summed E-state index contributed by atoms with van der Waals surface area (Å²) >= 11 is 0. The van der Waals surface area contributed by atoms with E-state index in [1.165, 1.54) is 6.42 Å². The topological polar surface area (TPSA) is 103 Å². The number of fused-ring (bicyclic) bond motifs is 1.